The molecule has 9 heteroatoms. The third-order valence-electron chi connectivity index (χ3n) is 3.79. The van der Waals surface area contributed by atoms with E-state index in [2.05, 4.69) is 15.4 Å². The molecule has 0 radical (unpaired) electrons. The summed E-state index contributed by atoms with van der Waals surface area (Å²) < 4.78 is 2.52. The summed E-state index contributed by atoms with van der Waals surface area (Å²) in [6, 6.07) is 12.1. The van der Waals surface area contributed by atoms with Crippen LogP contribution in [0.1, 0.15) is 16.1 Å². The SMILES string of the molecule is Cc1cc(NC(=O)c2ccc(Cl)cc2Cl)n(-c2nc3c(Cl)cccc3s2)n1. The predicted octanol–water partition coefficient (Wildman–Crippen LogP) is 6.00. The highest BCUT2D eigenvalue weighted by Gasteiger charge is 2.17. The molecular formula is C18H11Cl3N4OS. The molecule has 2 aromatic carbocycles. The number of aryl methyl sites for hydroxylation is 1. The summed E-state index contributed by atoms with van der Waals surface area (Å²) in [6.07, 6.45) is 0. The fraction of sp³-hybridized carbons (Fsp3) is 0.0556. The van der Waals surface area contributed by atoms with Gasteiger partial charge in [0.1, 0.15) is 11.3 Å². The Balaban J connectivity index is 1.72. The van der Waals surface area contributed by atoms with Gasteiger partial charge in [0.2, 0.25) is 5.13 Å². The van der Waals surface area contributed by atoms with E-state index in [9.17, 15) is 4.79 Å². The van der Waals surface area contributed by atoms with Gasteiger partial charge in [0.15, 0.2) is 0 Å². The van der Waals surface area contributed by atoms with Crippen LogP contribution in [0, 0.1) is 6.92 Å². The van der Waals surface area contributed by atoms with Crippen molar-refractivity contribution in [3.05, 3.63) is 68.8 Å². The lowest BCUT2D eigenvalue weighted by Gasteiger charge is -2.08. The van der Waals surface area contributed by atoms with E-state index in [-0.39, 0.29) is 10.9 Å². The van der Waals surface area contributed by atoms with Gasteiger partial charge in [-0.25, -0.2) is 4.98 Å². The van der Waals surface area contributed by atoms with Gasteiger partial charge in [-0.1, -0.05) is 52.2 Å². The Morgan fingerprint density at radius 2 is 1.93 bits per heavy atom. The molecule has 0 aliphatic heterocycles. The molecule has 5 nitrogen and oxygen atoms in total. The molecule has 0 saturated heterocycles. The quantitative estimate of drug-likeness (QED) is 0.427. The summed E-state index contributed by atoms with van der Waals surface area (Å²) >= 11 is 19.7. The monoisotopic (exact) mass is 436 g/mol. The second kappa shape index (κ2) is 7.13. The van der Waals surface area contributed by atoms with Crippen molar-refractivity contribution >= 4 is 68.1 Å². The molecule has 0 aliphatic rings. The number of aromatic nitrogens is 3. The first kappa shape index (κ1) is 18.3. The van der Waals surface area contributed by atoms with E-state index in [1.165, 1.54) is 17.4 Å². The van der Waals surface area contributed by atoms with Crippen LogP contribution in [0.4, 0.5) is 5.82 Å². The van der Waals surface area contributed by atoms with Gasteiger partial charge in [-0.2, -0.15) is 9.78 Å². The minimum absolute atomic E-state index is 0.273. The summed E-state index contributed by atoms with van der Waals surface area (Å²) in [4.78, 5) is 17.2. The Labute approximate surface area is 173 Å². The highest BCUT2D eigenvalue weighted by atomic mass is 35.5. The Kier molecular flexibility index (Phi) is 4.82. The zero-order valence-electron chi connectivity index (χ0n) is 13.8. The molecule has 0 atom stereocenters. The van der Waals surface area contributed by atoms with Gasteiger partial charge in [-0.05, 0) is 37.3 Å². The van der Waals surface area contributed by atoms with Crippen molar-refractivity contribution in [2.45, 2.75) is 6.92 Å². The van der Waals surface area contributed by atoms with Crippen LogP contribution in [-0.4, -0.2) is 20.7 Å². The van der Waals surface area contributed by atoms with Gasteiger partial charge in [-0.15, -0.1) is 0 Å². The Hall–Kier alpha value is -2.12. The first-order chi connectivity index (χ1) is 12.9. The van der Waals surface area contributed by atoms with Gasteiger partial charge in [-0.3, -0.25) is 4.79 Å². The van der Waals surface area contributed by atoms with Crippen molar-refractivity contribution in [3.63, 3.8) is 0 Å². The van der Waals surface area contributed by atoms with Gasteiger partial charge in [0.05, 0.1) is 26.0 Å². The lowest BCUT2D eigenvalue weighted by atomic mass is 10.2. The van der Waals surface area contributed by atoms with Crippen LogP contribution in [0.2, 0.25) is 15.1 Å². The molecule has 136 valence electrons. The van der Waals surface area contributed by atoms with Gasteiger partial charge < -0.3 is 5.32 Å². The summed E-state index contributed by atoms with van der Waals surface area (Å²) in [6.45, 7) is 1.84. The minimum Gasteiger partial charge on any atom is -0.306 e. The maximum Gasteiger partial charge on any atom is 0.258 e. The third-order valence-corrected chi connectivity index (χ3v) is 5.64. The van der Waals surface area contributed by atoms with Crippen molar-refractivity contribution in [2.24, 2.45) is 0 Å². The predicted molar refractivity (Wildman–Crippen MR) is 111 cm³/mol. The van der Waals surface area contributed by atoms with E-state index in [1.807, 2.05) is 19.1 Å². The number of carbonyl (C=O) groups excluding carboxylic acids is 1. The standard InChI is InChI=1S/C18H11Cl3N4OS/c1-9-7-15(22-17(26)11-6-5-10(19)8-13(11)21)25(24-9)18-23-16-12(20)3-2-4-14(16)27-18/h2-8H,1H3,(H,22,26). The number of anilines is 1. The number of hydrogen-bond acceptors (Lipinski definition) is 4. The lowest BCUT2D eigenvalue weighted by Crippen LogP contribution is -2.15. The topological polar surface area (TPSA) is 59.8 Å². The number of hydrogen-bond donors (Lipinski definition) is 1. The molecule has 1 amide bonds. The minimum atomic E-state index is -0.364. The van der Waals surface area contributed by atoms with Crippen LogP contribution in [-0.2, 0) is 0 Å². The molecule has 0 spiro atoms. The van der Waals surface area contributed by atoms with E-state index < -0.39 is 0 Å². The second-order valence-electron chi connectivity index (χ2n) is 5.74. The molecule has 0 unspecified atom stereocenters. The van der Waals surface area contributed by atoms with Crippen molar-refractivity contribution < 1.29 is 4.79 Å². The van der Waals surface area contributed by atoms with Crippen molar-refractivity contribution in [1.29, 1.82) is 0 Å². The van der Waals surface area contributed by atoms with Crippen LogP contribution in [0.5, 0.6) is 0 Å². The molecule has 0 saturated carbocycles. The second-order valence-corrected chi connectivity index (χ2v) is 8.00. The largest absolute Gasteiger partial charge is 0.306 e. The Morgan fingerprint density at radius 3 is 2.67 bits per heavy atom. The van der Waals surface area contributed by atoms with Gasteiger partial charge in [0.25, 0.3) is 5.91 Å². The number of thiazole rings is 1. The van der Waals surface area contributed by atoms with Gasteiger partial charge >= 0.3 is 0 Å². The molecule has 0 fully saturated rings. The molecule has 2 aromatic heterocycles. The number of amides is 1. The molecule has 0 bridgehead atoms. The maximum absolute atomic E-state index is 12.6. The highest BCUT2D eigenvalue weighted by Crippen LogP contribution is 2.31. The number of halogens is 3. The molecule has 2 heterocycles. The van der Waals surface area contributed by atoms with Crippen LogP contribution in [0.15, 0.2) is 42.5 Å². The Bertz CT molecular complexity index is 1180. The summed E-state index contributed by atoms with van der Waals surface area (Å²) in [5, 5.41) is 9.18. The average Bonchev–Trinajstić information content (AvgIpc) is 3.19. The number of rotatable bonds is 3. The number of fused-ring (bicyclic) bond motifs is 1. The smallest absolute Gasteiger partial charge is 0.258 e. The number of benzene rings is 2. The van der Waals surface area contributed by atoms with E-state index in [0.29, 0.717) is 32.1 Å². The molecule has 4 rings (SSSR count). The molecule has 27 heavy (non-hydrogen) atoms. The molecule has 1 N–H and O–H groups in total. The van der Waals surface area contributed by atoms with Crippen LogP contribution in [0.25, 0.3) is 15.3 Å². The zero-order chi connectivity index (χ0) is 19.1. The van der Waals surface area contributed by atoms with Crippen molar-refractivity contribution in [3.8, 4) is 5.13 Å². The molecular weight excluding hydrogens is 427 g/mol. The maximum atomic E-state index is 12.6. The number of carbonyl (C=O) groups is 1. The zero-order valence-corrected chi connectivity index (χ0v) is 16.9. The van der Waals surface area contributed by atoms with Gasteiger partial charge in [0, 0.05) is 11.1 Å². The van der Waals surface area contributed by atoms with Crippen LogP contribution in [0.3, 0.4) is 0 Å². The first-order valence-corrected chi connectivity index (χ1v) is 9.76. The van der Waals surface area contributed by atoms with Crippen molar-refractivity contribution in [2.75, 3.05) is 5.32 Å². The number of para-hydroxylation sites is 1. The summed E-state index contributed by atoms with van der Waals surface area (Å²) in [5.74, 6) is 0.121. The average molecular weight is 438 g/mol. The van der Waals surface area contributed by atoms with E-state index in [1.54, 1.807) is 28.9 Å². The Morgan fingerprint density at radius 1 is 1.11 bits per heavy atom. The molecule has 4 aromatic rings. The van der Waals surface area contributed by atoms with Crippen molar-refractivity contribution in [1.82, 2.24) is 14.8 Å². The van der Waals surface area contributed by atoms with Crippen LogP contribution < -0.4 is 5.32 Å². The van der Waals surface area contributed by atoms with E-state index >= 15 is 0 Å². The van der Waals surface area contributed by atoms with E-state index in [4.69, 9.17) is 34.8 Å². The number of nitrogens with zero attached hydrogens (tertiary/aromatic N) is 3. The lowest BCUT2D eigenvalue weighted by molar-refractivity contribution is 0.102. The normalized spacial score (nSPS) is 11.1. The molecule has 0 aliphatic carbocycles. The first-order valence-electron chi connectivity index (χ1n) is 7.81. The fourth-order valence-corrected chi connectivity index (χ4v) is 4.31. The van der Waals surface area contributed by atoms with Crippen LogP contribution >= 0.6 is 46.1 Å². The third kappa shape index (κ3) is 3.53. The summed E-state index contributed by atoms with van der Waals surface area (Å²) in [5.41, 5.74) is 1.75. The van der Waals surface area contributed by atoms with E-state index in [0.717, 1.165) is 10.4 Å². The fourth-order valence-electron chi connectivity index (χ4n) is 2.59. The number of nitrogens with one attached hydrogen (secondary N) is 1. The highest BCUT2D eigenvalue weighted by molar-refractivity contribution is 7.20. The summed E-state index contributed by atoms with van der Waals surface area (Å²) in [7, 11) is 0.